The van der Waals surface area contributed by atoms with Crippen LogP contribution in [0.1, 0.15) is 59.3 Å². The van der Waals surface area contributed by atoms with Gasteiger partial charge in [0.1, 0.15) is 0 Å². The Morgan fingerprint density at radius 2 is 1.71 bits per heavy atom. The summed E-state index contributed by atoms with van der Waals surface area (Å²) in [4.78, 5) is 0. The van der Waals surface area contributed by atoms with Crippen molar-refractivity contribution in [2.45, 2.75) is 71.5 Å². The van der Waals surface area contributed by atoms with Crippen LogP contribution in [0.2, 0.25) is 0 Å². The summed E-state index contributed by atoms with van der Waals surface area (Å²) < 4.78 is 5.57. The SMILES string of the molecule is CCCCCCCOC(C)CC(C)O. The molecule has 0 radical (unpaired) electrons. The third kappa shape index (κ3) is 10.0. The van der Waals surface area contributed by atoms with E-state index in [9.17, 15) is 0 Å². The van der Waals surface area contributed by atoms with E-state index in [0.29, 0.717) is 0 Å². The van der Waals surface area contributed by atoms with Crippen LogP contribution in [-0.2, 0) is 4.74 Å². The Labute approximate surface area is 88.7 Å². The molecule has 86 valence electrons. The number of ether oxygens (including phenoxy) is 1. The first-order chi connectivity index (χ1) is 6.66. The van der Waals surface area contributed by atoms with Crippen LogP contribution in [0, 0.1) is 0 Å². The van der Waals surface area contributed by atoms with Gasteiger partial charge in [-0.25, -0.2) is 0 Å². The average molecular weight is 202 g/mol. The van der Waals surface area contributed by atoms with Gasteiger partial charge in [0.05, 0.1) is 12.2 Å². The van der Waals surface area contributed by atoms with Crippen molar-refractivity contribution in [1.29, 1.82) is 0 Å². The van der Waals surface area contributed by atoms with Crippen LogP contribution in [0.5, 0.6) is 0 Å². The molecular weight excluding hydrogens is 176 g/mol. The molecule has 2 unspecified atom stereocenters. The fourth-order valence-electron chi connectivity index (χ4n) is 1.54. The number of hydrogen-bond donors (Lipinski definition) is 1. The topological polar surface area (TPSA) is 29.5 Å². The van der Waals surface area contributed by atoms with Gasteiger partial charge in [-0.2, -0.15) is 0 Å². The predicted molar refractivity (Wildman–Crippen MR) is 60.5 cm³/mol. The van der Waals surface area contributed by atoms with Crippen molar-refractivity contribution in [2.75, 3.05) is 6.61 Å². The fourth-order valence-corrected chi connectivity index (χ4v) is 1.54. The Balaban J connectivity index is 3.10. The Bertz CT molecular complexity index is 113. The van der Waals surface area contributed by atoms with Crippen LogP contribution in [0.15, 0.2) is 0 Å². The van der Waals surface area contributed by atoms with Crippen LogP contribution in [0.3, 0.4) is 0 Å². The second-order valence-corrected chi connectivity index (χ2v) is 4.18. The Morgan fingerprint density at radius 3 is 2.29 bits per heavy atom. The van der Waals surface area contributed by atoms with Crippen molar-refractivity contribution in [3.8, 4) is 0 Å². The first kappa shape index (κ1) is 13.9. The molecule has 0 aromatic heterocycles. The third-order valence-corrected chi connectivity index (χ3v) is 2.32. The molecule has 0 aromatic carbocycles. The van der Waals surface area contributed by atoms with Gasteiger partial charge >= 0.3 is 0 Å². The normalized spacial score (nSPS) is 15.4. The standard InChI is InChI=1S/C12H26O2/c1-4-5-6-7-8-9-14-12(3)10-11(2)13/h11-13H,4-10H2,1-3H3. The second kappa shape index (κ2) is 9.47. The van der Waals surface area contributed by atoms with Gasteiger partial charge in [-0.15, -0.1) is 0 Å². The highest BCUT2D eigenvalue weighted by atomic mass is 16.5. The van der Waals surface area contributed by atoms with E-state index in [-0.39, 0.29) is 12.2 Å². The van der Waals surface area contributed by atoms with Gasteiger partial charge in [-0.1, -0.05) is 32.6 Å². The maximum absolute atomic E-state index is 9.12. The predicted octanol–water partition coefficient (Wildman–Crippen LogP) is 3.13. The molecule has 0 aliphatic rings. The lowest BCUT2D eigenvalue weighted by Crippen LogP contribution is -2.16. The molecule has 0 saturated heterocycles. The molecular formula is C12H26O2. The van der Waals surface area contributed by atoms with Gasteiger partial charge in [0.25, 0.3) is 0 Å². The molecule has 0 aliphatic carbocycles. The summed E-state index contributed by atoms with van der Waals surface area (Å²) in [6.07, 6.45) is 7.08. The molecule has 0 rings (SSSR count). The van der Waals surface area contributed by atoms with Crippen molar-refractivity contribution in [3.05, 3.63) is 0 Å². The largest absolute Gasteiger partial charge is 0.393 e. The zero-order valence-electron chi connectivity index (χ0n) is 9.96. The van der Waals surface area contributed by atoms with Gasteiger partial charge < -0.3 is 9.84 Å². The highest BCUT2D eigenvalue weighted by molar-refractivity contribution is 4.55. The van der Waals surface area contributed by atoms with E-state index in [4.69, 9.17) is 9.84 Å². The van der Waals surface area contributed by atoms with Crippen LogP contribution >= 0.6 is 0 Å². The lowest BCUT2D eigenvalue weighted by molar-refractivity contribution is 0.0273. The van der Waals surface area contributed by atoms with E-state index < -0.39 is 0 Å². The first-order valence-corrected chi connectivity index (χ1v) is 5.96. The van der Waals surface area contributed by atoms with Crippen LogP contribution in [0.4, 0.5) is 0 Å². The minimum atomic E-state index is -0.245. The van der Waals surface area contributed by atoms with E-state index in [1.807, 2.05) is 6.92 Å². The monoisotopic (exact) mass is 202 g/mol. The molecule has 2 atom stereocenters. The molecule has 0 saturated carbocycles. The van der Waals surface area contributed by atoms with Crippen LogP contribution in [-0.4, -0.2) is 23.9 Å². The molecule has 0 spiro atoms. The summed E-state index contributed by atoms with van der Waals surface area (Å²) >= 11 is 0. The summed E-state index contributed by atoms with van der Waals surface area (Å²) in [6, 6.07) is 0. The van der Waals surface area contributed by atoms with Crippen LogP contribution < -0.4 is 0 Å². The average Bonchev–Trinajstić information content (AvgIpc) is 2.10. The Kier molecular flexibility index (Phi) is 9.42. The molecule has 0 aromatic rings. The number of unbranched alkanes of at least 4 members (excludes halogenated alkanes) is 4. The molecule has 0 aliphatic heterocycles. The summed E-state index contributed by atoms with van der Waals surface area (Å²) in [5, 5.41) is 9.12. The minimum Gasteiger partial charge on any atom is -0.393 e. The maximum Gasteiger partial charge on any atom is 0.0571 e. The Morgan fingerprint density at radius 1 is 1.07 bits per heavy atom. The van der Waals surface area contributed by atoms with Gasteiger partial charge in [-0.3, -0.25) is 0 Å². The fraction of sp³-hybridized carbons (Fsp3) is 1.00. The lowest BCUT2D eigenvalue weighted by Gasteiger charge is -2.14. The summed E-state index contributed by atoms with van der Waals surface area (Å²) in [7, 11) is 0. The zero-order valence-corrected chi connectivity index (χ0v) is 9.96. The van der Waals surface area contributed by atoms with Crippen molar-refractivity contribution >= 4 is 0 Å². The summed E-state index contributed by atoms with van der Waals surface area (Å²) in [5.74, 6) is 0. The van der Waals surface area contributed by atoms with E-state index in [1.54, 1.807) is 6.92 Å². The molecule has 2 nitrogen and oxygen atoms in total. The van der Waals surface area contributed by atoms with Gasteiger partial charge in [0, 0.05) is 6.61 Å². The molecule has 14 heavy (non-hydrogen) atoms. The van der Waals surface area contributed by atoms with Crippen molar-refractivity contribution in [3.63, 3.8) is 0 Å². The van der Waals surface area contributed by atoms with Gasteiger partial charge in [0.2, 0.25) is 0 Å². The van der Waals surface area contributed by atoms with E-state index in [2.05, 4.69) is 6.92 Å². The smallest absolute Gasteiger partial charge is 0.0571 e. The lowest BCUT2D eigenvalue weighted by atomic mass is 10.1. The van der Waals surface area contributed by atoms with Crippen LogP contribution in [0.25, 0.3) is 0 Å². The number of aliphatic hydroxyl groups excluding tert-OH is 1. The van der Waals surface area contributed by atoms with Gasteiger partial charge in [0.15, 0.2) is 0 Å². The maximum atomic E-state index is 9.12. The quantitative estimate of drug-likeness (QED) is 0.582. The second-order valence-electron chi connectivity index (χ2n) is 4.18. The first-order valence-electron chi connectivity index (χ1n) is 5.96. The minimum absolute atomic E-state index is 0.196. The van der Waals surface area contributed by atoms with Crippen molar-refractivity contribution in [1.82, 2.24) is 0 Å². The molecule has 0 amide bonds. The number of rotatable bonds is 9. The number of aliphatic hydroxyl groups is 1. The third-order valence-electron chi connectivity index (χ3n) is 2.32. The highest BCUT2D eigenvalue weighted by Crippen LogP contribution is 2.06. The van der Waals surface area contributed by atoms with E-state index in [1.165, 1.54) is 25.7 Å². The van der Waals surface area contributed by atoms with E-state index >= 15 is 0 Å². The molecule has 2 heteroatoms. The molecule has 0 heterocycles. The highest BCUT2D eigenvalue weighted by Gasteiger charge is 2.05. The zero-order chi connectivity index (χ0) is 10.8. The molecule has 0 fully saturated rings. The van der Waals surface area contributed by atoms with Crippen molar-refractivity contribution < 1.29 is 9.84 Å². The summed E-state index contributed by atoms with van der Waals surface area (Å²) in [6.45, 7) is 6.90. The van der Waals surface area contributed by atoms with E-state index in [0.717, 1.165) is 19.4 Å². The van der Waals surface area contributed by atoms with Gasteiger partial charge in [-0.05, 0) is 26.7 Å². The van der Waals surface area contributed by atoms with Crippen molar-refractivity contribution in [2.24, 2.45) is 0 Å². The number of hydrogen-bond acceptors (Lipinski definition) is 2. The summed E-state index contributed by atoms with van der Waals surface area (Å²) in [5.41, 5.74) is 0. The molecule has 0 bridgehead atoms. The molecule has 1 N–H and O–H groups in total. The Hall–Kier alpha value is -0.0800.